The van der Waals surface area contributed by atoms with E-state index in [0.717, 1.165) is 24.1 Å². The largest absolute Gasteiger partial charge is 0.496 e. The normalized spacial score (nSPS) is 15.2. The number of carbonyl (C=O) groups is 2. The number of carboxylic acids is 1. The van der Waals surface area contributed by atoms with E-state index in [-0.39, 0.29) is 23.9 Å². The lowest BCUT2D eigenvalue weighted by molar-refractivity contribution is -0.137. The zero-order valence-electron chi connectivity index (χ0n) is 20.7. The average Bonchev–Trinajstić information content (AvgIpc) is 3.21. The Balaban J connectivity index is 1.98. The van der Waals surface area contributed by atoms with Gasteiger partial charge in [-0.15, -0.1) is 0 Å². The first-order valence-corrected chi connectivity index (χ1v) is 12.1. The Bertz CT molecular complexity index is 957. The van der Waals surface area contributed by atoms with Crippen molar-refractivity contribution in [3.05, 3.63) is 30.0 Å². The molecule has 1 heterocycles. The molecule has 1 aromatic carbocycles. The van der Waals surface area contributed by atoms with Crippen LogP contribution in [0.15, 0.2) is 24.3 Å². The van der Waals surface area contributed by atoms with Gasteiger partial charge in [-0.1, -0.05) is 39.2 Å². The molecule has 34 heavy (non-hydrogen) atoms. The van der Waals surface area contributed by atoms with Crippen molar-refractivity contribution in [3.8, 4) is 22.8 Å². The van der Waals surface area contributed by atoms with Gasteiger partial charge in [-0.2, -0.15) is 5.10 Å². The van der Waals surface area contributed by atoms with E-state index < -0.39 is 12.0 Å². The summed E-state index contributed by atoms with van der Waals surface area (Å²) >= 11 is 0. The summed E-state index contributed by atoms with van der Waals surface area (Å²) in [5.74, 6) is 0.712. The highest BCUT2D eigenvalue weighted by Gasteiger charge is 2.25. The van der Waals surface area contributed by atoms with Crippen molar-refractivity contribution in [2.24, 2.45) is 11.8 Å². The molecule has 1 fully saturated rings. The van der Waals surface area contributed by atoms with Gasteiger partial charge in [0.25, 0.3) is 5.91 Å². The molecule has 1 aliphatic carbocycles. The summed E-state index contributed by atoms with van der Waals surface area (Å²) in [7, 11) is 3.21. The first kappa shape index (κ1) is 25.6. The quantitative estimate of drug-likeness (QED) is 0.490. The van der Waals surface area contributed by atoms with Gasteiger partial charge in [0.1, 0.15) is 11.5 Å². The highest BCUT2D eigenvalue weighted by atomic mass is 16.5. The standard InChI is InChI=1S/C26H37N3O5/c1-17(2)13-19(14-24(30)31)27-26(32)20-15-21(25-22(33-3)11-8-12-23(25)34-4)29(28-20)16-18-9-6-5-7-10-18/h8,11-12,15,17-19H,5-7,9-10,13-14,16H2,1-4H3,(H,27,32)(H,30,31). The molecule has 1 saturated carbocycles. The zero-order chi connectivity index (χ0) is 24.7. The Morgan fingerprint density at radius 3 is 2.35 bits per heavy atom. The lowest BCUT2D eigenvalue weighted by atomic mass is 9.89. The fourth-order valence-corrected chi connectivity index (χ4v) is 4.82. The van der Waals surface area contributed by atoms with Gasteiger partial charge >= 0.3 is 5.97 Å². The van der Waals surface area contributed by atoms with Crippen LogP contribution in [-0.4, -0.2) is 47.0 Å². The van der Waals surface area contributed by atoms with Gasteiger partial charge in [-0.05, 0) is 49.3 Å². The molecule has 8 nitrogen and oxygen atoms in total. The van der Waals surface area contributed by atoms with E-state index in [4.69, 9.17) is 9.47 Å². The monoisotopic (exact) mass is 471 g/mol. The third-order valence-corrected chi connectivity index (χ3v) is 6.36. The van der Waals surface area contributed by atoms with E-state index in [9.17, 15) is 14.7 Å². The molecule has 1 unspecified atom stereocenters. The van der Waals surface area contributed by atoms with Gasteiger partial charge < -0.3 is 19.9 Å². The van der Waals surface area contributed by atoms with Crippen LogP contribution in [0.3, 0.4) is 0 Å². The van der Waals surface area contributed by atoms with E-state index in [1.807, 2.05) is 36.7 Å². The van der Waals surface area contributed by atoms with Crippen LogP contribution in [0.25, 0.3) is 11.3 Å². The number of benzene rings is 1. The maximum atomic E-state index is 13.2. The Hall–Kier alpha value is -3.03. The number of nitrogens with zero attached hydrogens (tertiary/aromatic N) is 2. The number of methoxy groups -OCH3 is 2. The molecular formula is C26H37N3O5. The van der Waals surface area contributed by atoms with Gasteiger partial charge in [0, 0.05) is 12.6 Å². The predicted octanol–water partition coefficient (Wildman–Crippen LogP) is 4.77. The third-order valence-electron chi connectivity index (χ3n) is 6.36. The Kier molecular flexibility index (Phi) is 8.96. The highest BCUT2D eigenvalue weighted by molar-refractivity contribution is 5.94. The Morgan fingerprint density at radius 1 is 1.15 bits per heavy atom. The minimum absolute atomic E-state index is 0.125. The molecule has 0 bridgehead atoms. The van der Waals surface area contributed by atoms with Crippen molar-refractivity contribution in [1.29, 1.82) is 0 Å². The third kappa shape index (κ3) is 6.52. The van der Waals surface area contributed by atoms with Crippen LogP contribution in [0.5, 0.6) is 11.5 Å². The Morgan fingerprint density at radius 2 is 1.79 bits per heavy atom. The van der Waals surface area contributed by atoms with E-state index in [1.165, 1.54) is 19.3 Å². The number of aliphatic carboxylic acids is 1. The Labute approximate surface area is 201 Å². The van der Waals surface area contributed by atoms with Gasteiger partial charge in [-0.25, -0.2) is 0 Å². The van der Waals surface area contributed by atoms with Crippen LogP contribution in [0.1, 0.15) is 69.3 Å². The second kappa shape index (κ2) is 11.9. The van der Waals surface area contributed by atoms with Gasteiger partial charge in [0.15, 0.2) is 5.69 Å². The number of rotatable bonds is 11. The summed E-state index contributed by atoms with van der Waals surface area (Å²) in [4.78, 5) is 24.5. The first-order valence-electron chi connectivity index (χ1n) is 12.1. The number of amides is 1. The van der Waals surface area contributed by atoms with Crippen LogP contribution in [-0.2, 0) is 11.3 Å². The lowest BCUT2D eigenvalue weighted by Crippen LogP contribution is -2.37. The van der Waals surface area contributed by atoms with Crippen LogP contribution < -0.4 is 14.8 Å². The van der Waals surface area contributed by atoms with Crippen molar-refractivity contribution in [3.63, 3.8) is 0 Å². The molecular weight excluding hydrogens is 434 g/mol. The van der Waals surface area contributed by atoms with Crippen LogP contribution in [0.4, 0.5) is 0 Å². The number of carboxylic acid groups (broad SMARTS) is 1. The SMILES string of the molecule is COc1cccc(OC)c1-c1cc(C(=O)NC(CC(=O)O)CC(C)C)nn1CC1CCCCC1. The minimum Gasteiger partial charge on any atom is -0.496 e. The summed E-state index contributed by atoms with van der Waals surface area (Å²) in [6.07, 6.45) is 6.40. The molecule has 2 aromatic rings. The summed E-state index contributed by atoms with van der Waals surface area (Å²) in [6.45, 7) is 4.71. The van der Waals surface area contributed by atoms with Crippen molar-refractivity contribution in [2.45, 2.75) is 71.4 Å². The number of nitrogens with one attached hydrogen (secondary N) is 1. The smallest absolute Gasteiger partial charge is 0.305 e. The van der Waals surface area contributed by atoms with Crippen molar-refractivity contribution >= 4 is 11.9 Å². The van der Waals surface area contributed by atoms with Crippen molar-refractivity contribution in [1.82, 2.24) is 15.1 Å². The van der Waals surface area contributed by atoms with E-state index in [1.54, 1.807) is 20.3 Å². The van der Waals surface area contributed by atoms with Crippen LogP contribution >= 0.6 is 0 Å². The zero-order valence-corrected chi connectivity index (χ0v) is 20.7. The molecule has 1 aliphatic rings. The number of hydrogen-bond acceptors (Lipinski definition) is 5. The second-order valence-corrected chi connectivity index (χ2v) is 9.54. The van der Waals surface area contributed by atoms with Gasteiger partial charge in [0.05, 0.1) is 31.9 Å². The topological polar surface area (TPSA) is 103 Å². The molecule has 0 spiro atoms. The van der Waals surface area contributed by atoms with Crippen LogP contribution in [0.2, 0.25) is 0 Å². The fraction of sp³-hybridized carbons (Fsp3) is 0.577. The molecule has 1 amide bonds. The summed E-state index contributed by atoms with van der Waals surface area (Å²) < 4.78 is 13.1. The molecule has 8 heteroatoms. The summed E-state index contributed by atoms with van der Waals surface area (Å²) in [5.41, 5.74) is 1.76. The number of carbonyl (C=O) groups excluding carboxylic acids is 1. The minimum atomic E-state index is -0.937. The maximum Gasteiger partial charge on any atom is 0.305 e. The predicted molar refractivity (Wildman–Crippen MR) is 130 cm³/mol. The average molecular weight is 472 g/mol. The molecule has 186 valence electrons. The fourth-order valence-electron chi connectivity index (χ4n) is 4.82. The first-order chi connectivity index (χ1) is 16.3. The molecule has 0 radical (unpaired) electrons. The summed E-state index contributed by atoms with van der Waals surface area (Å²) in [5, 5.41) is 16.9. The van der Waals surface area contributed by atoms with Crippen molar-refractivity contribution < 1.29 is 24.2 Å². The maximum absolute atomic E-state index is 13.2. The van der Waals surface area contributed by atoms with Gasteiger partial charge in [-0.3, -0.25) is 14.3 Å². The van der Waals surface area contributed by atoms with E-state index in [2.05, 4.69) is 10.4 Å². The lowest BCUT2D eigenvalue weighted by Gasteiger charge is -2.23. The molecule has 1 aromatic heterocycles. The number of hydrogen-bond donors (Lipinski definition) is 2. The van der Waals surface area contributed by atoms with Gasteiger partial charge in [0.2, 0.25) is 0 Å². The highest BCUT2D eigenvalue weighted by Crippen LogP contribution is 2.39. The van der Waals surface area contributed by atoms with Crippen molar-refractivity contribution in [2.75, 3.05) is 14.2 Å². The second-order valence-electron chi connectivity index (χ2n) is 9.54. The molecule has 3 rings (SSSR count). The number of aromatic nitrogens is 2. The van der Waals surface area contributed by atoms with E-state index in [0.29, 0.717) is 30.4 Å². The molecule has 1 atom stereocenters. The molecule has 0 aliphatic heterocycles. The number of ether oxygens (including phenoxy) is 2. The van der Waals surface area contributed by atoms with E-state index >= 15 is 0 Å². The molecule has 2 N–H and O–H groups in total. The van der Waals surface area contributed by atoms with Crippen LogP contribution in [0, 0.1) is 11.8 Å². The summed E-state index contributed by atoms with van der Waals surface area (Å²) in [6, 6.07) is 6.88. The molecule has 0 saturated heterocycles.